The van der Waals surface area contributed by atoms with Gasteiger partial charge in [0.1, 0.15) is 18.5 Å². The van der Waals surface area contributed by atoms with Gasteiger partial charge in [-0.2, -0.15) is 13.2 Å². The zero-order valence-electron chi connectivity index (χ0n) is 18.4. The predicted molar refractivity (Wildman–Crippen MR) is 110 cm³/mol. The summed E-state index contributed by atoms with van der Waals surface area (Å²) < 4.78 is 59.6. The number of halogens is 4. The molecule has 2 atom stereocenters. The van der Waals surface area contributed by atoms with Crippen molar-refractivity contribution in [2.75, 3.05) is 13.4 Å². The second-order valence-electron chi connectivity index (χ2n) is 8.15. The third kappa shape index (κ3) is 7.14. The number of nitrogens with zero attached hydrogens (tertiary/aromatic N) is 1. The molecule has 1 aliphatic heterocycles. The molecular weight excluding hydrogens is 491 g/mol. The molecule has 1 aromatic carbocycles. The van der Waals surface area contributed by atoms with Gasteiger partial charge in [0.2, 0.25) is 12.9 Å². The molecule has 0 saturated heterocycles. The molecule has 2 rings (SSSR count). The SMILES string of the molecule is CC(CO[N+](=O)[O-])OC(=O)OCOC(=O)C1=Cc2cc(Cl)c(C(C)(C)C)cc2O[C@@H]1C(F)(F)F. The van der Waals surface area contributed by atoms with Gasteiger partial charge in [0, 0.05) is 10.6 Å². The maximum Gasteiger partial charge on any atom is 0.511 e. The highest BCUT2D eigenvalue weighted by Crippen LogP contribution is 2.42. The van der Waals surface area contributed by atoms with Crippen LogP contribution in [0.25, 0.3) is 6.08 Å². The van der Waals surface area contributed by atoms with E-state index < -0.39 is 60.0 Å². The summed E-state index contributed by atoms with van der Waals surface area (Å²) in [7, 11) is 0. The maximum absolute atomic E-state index is 13.6. The molecule has 0 spiro atoms. The molecule has 1 heterocycles. The number of carbonyl (C=O) groups is 2. The van der Waals surface area contributed by atoms with Crippen molar-refractivity contribution < 1.29 is 51.6 Å². The zero-order chi connectivity index (χ0) is 25.8. The average molecular weight is 512 g/mol. The molecule has 34 heavy (non-hydrogen) atoms. The van der Waals surface area contributed by atoms with Crippen molar-refractivity contribution in [3.8, 4) is 5.75 Å². The summed E-state index contributed by atoms with van der Waals surface area (Å²) in [5.41, 5.74) is -0.682. The van der Waals surface area contributed by atoms with Crippen molar-refractivity contribution in [2.24, 2.45) is 0 Å². The van der Waals surface area contributed by atoms with E-state index in [-0.39, 0.29) is 16.3 Å². The van der Waals surface area contributed by atoms with Crippen LogP contribution in [0.1, 0.15) is 38.8 Å². The van der Waals surface area contributed by atoms with Crippen LogP contribution in [0.5, 0.6) is 5.75 Å². The fraction of sp³-hybridized carbons (Fsp3) is 0.500. The number of hydrogen-bond acceptors (Lipinski definition) is 9. The Morgan fingerprint density at radius 1 is 1.24 bits per heavy atom. The van der Waals surface area contributed by atoms with Gasteiger partial charge in [-0.25, -0.2) is 9.59 Å². The molecule has 1 unspecified atom stereocenters. The van der Waals surface area contributed by atoms with E-state index in [4.69, 9.17) is 16.3 Å². The van der Waals surface area contributed by atoms with Crippen LogP contribution in [0, 0.1) is 10.1 Å². The Balaban J connectivity index is 2.13. The molecular formula is C20H21ClF3NO9. The summed E-state index contributed by atoms with van der Waals surface area (Å²) in [5, 5.41) is 9.26. The molecule has 14 heteroatoms. The number of fused-ring (bicyclic) bond motifs is 1. The monoisotopic (exact) mass is 511 g/mol. The van der Waals surface area contributed by atoms with Gasteiger partial charge < -0.3 is 23.8 Å². The van der Waals surface area contributed by atoms with Crippen molar-refractivity contribution in [3.05, 3.63) is 44.0 Å². The van der Waals surface area contributed by atoms with Crippen LogP contribution >= 0.6 is 11.6 Å². The van der Waals surface area contributed by atoms with Gasteiger partial charge in [-0.05, 0) is 36.1 Å². The first-order chi connectivity index (χ1) is 15.6. The highest BCUT2D eigenvalue weighted by atomic mass is 35.5. The summed E-state index contributed by atoms with van der Waals surface area (Å²) in [6, 6.07) is 2.76. The van der Waals surface area contributed by atoms with E-state index >= 15 is 0 Å². The first-order valence-electron chi connectivity index (χ1n) is 9.66. The zero-order valence-corrected chi connectivity index (χ0v) is 19.2. The van der Waals surface area contributed by atoms with Crippen molar-refractivity contribution in [3.63, 3.8) is 0 Å². The lowest BCUT2D eigenvalue weighted by atomic mass is 9.85. The second kappa shape index (κ2) is 10.4. The maximum atomic E-state index is 13.6. The van der Waals surface area contributed by atoms with Gasteiger partial charge in [0.25, 0.3) is 5.09 Å². The highest BCUT2D eigenvalue weighted by Gasteiger charge is 2.49. The van der Waals surface area contributed by atoms with Crippen LogP contribution in [-0.2, 0) is 29.3 Å². The van der Waals surface area contributed by atoms with Crippen LogP contribution in [0.15, 0.2) is 17.7 Å². The smallest absolute Gasteiger partial charge is 0.475 e. The Hall–Kier alpha value is -3.22. The molecule has 1 aromatic rings. The third-order valence-electron chi connectivity index (χ3n) is 4.36. The Morgan fingerprint density at radius 2 is 1.88 bits per heavy atom. The van der Waals surface area contributed by atoms with Crippen molar-refractivity contribution in [1.82, 2.24) is 0 Å². The Labute approximate surface area is 196 Å². The lowest BCUT2D eigenvalue weighted by molar-refractivity contribution is -0.759. The molecule has 0 fully saturated rings. The van der Waals surface area contributed by atoms with Gasteiger partial charge in [0.15, 0.2) is 0 Å². The van der Waals surface area contributed by atoms with E-state index in [1.165, 1.54) is 19.1 Å². The number of esters is 1. The number of rotatable bonds is 7. The van der Waals surface area contributed by atoms with Crippen molar-refractivity contribution in [1.29, 1.82) is 0 Å². The summed E-state index contributed by atoms with van der Waals surface area (Å²) in [5.74, 6) is -1.57. The van der Waals surface area contributed by atoms with E-state index in [2.05, 4.69) is 19.0 Å². The third-order valence-corrected chi connectivity index (χ3v) is 4.67. The summed E-state index contributed by atoms with van der Waals surface area (Å²) in [6.07, 6.45) is -9.13. The van der Waals surface area contributed by atoms with Crippen LogP contribution in [0.2, 0.25) is 5.02 Å². The second-order valence-corrected chi connectivity index (χ2v) is 8.56. The van der Waals surface area contributed by atoms with E-state index in [9.17, 15) is 32.9 Å². The van der Waals surface area contributed by atoms with Crippen LogP contribution < -0.4 is 4.74 Å². The topological polar surface area (TPSA) is 123 Å². The standard InChI is InChI=1S/C20H21ClF3NO9/c1-10(8-32-25(28)29)33-18(27)31-9-30-17(26)12-5-11-6-14(21)13(19(2,3)4)7-15(11)34-16(12)20(22,23)24/h5-7,10,16H,8-9H2,1-4H3/t10?,16-/m0/s1. The minimum atomic E-state index is -4.96. The first kappa shape index (κ1) is 27.0. The molecule has 0 bridgehead atoms. The normalized spacial score (nSPS) is 16.4. The lowest BCUT2D eigenvalue weighted by Crippen LogP contribution is -2.41. The molecule has 0 aromatic heterocycles. The van der Waals surface area contributed by atoms with Crippen molar-refractivity contribution in [2.45, 2.75) is 51.5 Å². The quantitative estimate of drug-likeness (QED) is 0.223. The largest absolute Gasteiger partial charge is 0.511 e. The molecule has 0 N–H and O–H groups in total. The highest BCUT2D eigenvalue weighted by molar-refractivity contribution is 6.31. The number of alkyl halides is 3. The summed E-state index contributed by atoms with van der Waals surface area (Å²) >= 11 is 6.26. The molecule has 1 aliphatic rings. The van der Waals surface area contributed by atoms with E-state index in [0.29, 0.717) is 5.56 Å². The van der Waals surface area contributed by atoms with Crippen LogP contribution in [-0.4, -0.2) is 49.0 Å². The van der Waals surface area contributed by atoms with E-state index in [1.807, 2.05) is 20.8 Å². The average Bonchev–Trinajstić information content (AvgIpc) is 2.69. The van der Waals surface area contributed by atoms with Gasteiger partial charge in [-0.3, -0.25) is 0 Å². The molecule has 0 amide bonds. The Bertz CT molecular complexity index is 989. The van der Waals surface area contributed by atoms with Gasteiger partial charge in [0.05, 0.1) is 5.57 Å². The lowest BCUT2D eigenvalue weighted by Gasteiger charge is -2.30. The predicted octanol–water partition coefficient (Wildman–Crippen LogP) is 4.59. The molecule has 188 valence electrons. The van der Waals surface area contributed by atoms with Gasteiger partial charge >= 0.3 is 18.3 Å². The number of carbonyl (C=O) groups excluding carboxylic acids is 2. The minimum Gasteiger partial charge on any atom is -0.475 e. The summed E-state index contributed by atoms with van der Waals surface area (Å²) in [4.78, 5) is 37.9. The van der Waals surface area contributed by atoms with E-state index in [1.54, 1.807) is 0 Å². The molecule has 10 nitrogen and oxygen atoms in total. The van der Waals surface area contributed by atoms with Gasteiger partial charge in [-0.1, -0.05) is 32.4 Å². The molecule has 0 aliphatic carbocycles. The summed E-state index contributed by atoms with van der Waals surface area (Å²) in [6.45, 7) is 5.05. The fourth-order valence-electron chi connectivity index (χ4n) is 2.81. The molecule has 0 radical (unpaired) electrons. The van der Waals surface area contributed by atoms with E-state index in [0.717, 1.165) is 6.08 Å². The van der Waals surface area contributed by atoms with Crippen molar-refractivity contribution >= 4 is 29.8 Å². The number of hydrogen-bond donors (Lipinski definition) is 0. The van der Waals surface area contributed by atoms with Crippen LogP contribution in [0.3, 0.4) is 0 Å². The van der Waals surface area contributed by atoms with Crippen LogP contribution in [0.4, 0.5) is 18.0 Å². The van der Waals surface area contributed by atoms with Gasteiger partial charge in [-0.15, -0.1) is 10.1 Å². The Kier molecular flexibility index (Phi) is 8.24. The number of ether oxygens (including phenoxy) is 4. The fourth-order valence-corrected chi connectivity index (χ4v) is 3.27. The number of benzene rings is 1. The molecule has 0 saturated carbocycles. The Morgan fingerprint density at radius 3 is 2.44 bits per heavy atom. The minimum absolute atomic E-state index is 0.112. The first-order valence-corrected chi connectivity index (χ1v) is 10.0.